The Morgan fingerprint density at radius 3 is 2.78 bits per heavy atom. The first-order valence-corrected chi connectivity index (χ1v) is 7.79. The predicted molar refractivity (Wildman–Crippen MR) is 69.6 cm³/mol. The third-order valence-corrected chi connectivity index (χ3v) is 3.75. The number of aryl methyl sites for hydroxylation is 1. The van der Waals surface area contributed by atoms with E-state index in [4.69, 9.17) is 4.52 Å². The van der Waals surface area contributed by atoms with Gasteiger partial charge in [-0.3, -0.25) is 0 Å². The lowest BCUT2D eigenvalue weighted by Gasteiger charge is -2.05. The lowest BCUT2D eigenvalue weighted by Crippen LogP contribution is -2.28. The maximum Gasteiger partial charge on any atom is 0.212 e. The normalized spacial score (nSPS) is 11.9. The second kappa shape index (κ2) is 7.50. The van der Waals surface area contributed by atoms with Gasteiger partial charge in [0.1, 0.15) is 5.76 Å². The minimum atomic E-state index is -3.23. The first-order valence-electron chi connectivity index (χ1n) is 6.14. The molecule has 1 heterocycles. The highest BCUT2D eigenvalue weighted by Gasteiger charge is 2.10. The molecule has 1 aromatic heterocycles. The van der Waals surface area contributed by atoms with Crippen LogP contribution < -0.4 is 10.0 Å². The van der Waals surface area contributed by atoms with Crippen molar-refractivity contribution in [2.24, 2.45) is 0 Å². The van der Waals surface area contributed by atoms with Crippen molar-refractivity contribution in [3.05, 3.63) is 17.5 Å². The van der Waals surface area contributed by atoms with Gasteiger partial charge in [0, 0.05) is 6.07 Å². The molecule has 0 aromatic carbocycles. The third-order valence-electron chi connectivity index (χ3n) is 2.34. The Morgan fingerprint density at radius 1 is 1.39 bits per heavy atom. The van der Waals surface area contributed by atoms with Crippen molar-refractivity contribution in [1.82, 2.24) is 15.2 Å². The Kier molecular flexibility index (Phi) is 6.31. The van der Waals surface area contributed by atoms with Crippen molar-refractivity contribution in [3.63, 3.8) is 0 Å². The van der Waals surface area contributed by atoms with Crippen molar-refractivity contribution >= 4 is 10.0 Å². The summed E-state index contributed by atoms with van der Waals surface area (Å²) in [6, 6.07) is 1.71. The molecule has 0 aliphatic heterocycles. The van der Waals surface area contributed by atoms with Gasteiger partial charge >= 0.3 is 0 Å². The lowest BCUT2D eigenvalue weighted by molar-refractivity contribution is 0.390. The molecule has 1 rings (SSSR count). The van der Waals surface area contributed by atoms with Crippen LogP contribution in [-0.2, 0) is 16.6 Å². The molecule has 0 saturated heterocycles. The summed E-state index contributed by atoms with van der Waals surface area (Å²) in [6.45, 7) is 5.67. The number of nitrogens with zero attached hydrogens (tertiary/aromatic N) is 1. The molecule has 0 aliphatic rings. The van der Waals surface area contributed by atoms with Crippen molar-refractivity contribution in [3.8, 4) is 0 Å². The van der Waals surface area contributed by atoms with E-state index >= 15 is 0 Å². The van der Waals surface area contributed by atoms with Crippen LogP contribution >= 0.6 is 0 Å². The predicted octanol–water partition coefficient (Wildman–Crippen LogP) is 0.792. The summed E-state index contributed by atoms with van der Waals surface area (Å²) >= 11 is 0. The van der Waals surface area contributed by atoms with Gasteiger partial charge in [-0.2, -0.15) is 0 Å². The smallest absolute Gasteiger partial charge is 0.212 e. The van der Waals surface area contributed by atoms with E-state index in [0.29, 0.717) is 17.9 Å². The zero-order valence-electron chi connectivity index (χ0n) is 10.9. The number of nitrogens with one attached hydrogen (secondary N) is 2. The molecule has 0 atom stereocenters. The summed E-state index contributed by atoms with van der Waals surface area (Å²) in [4.78, 5) is 0. The van der Waals surface area contributed by atoms with Gasteiger partial charge in [-0.15, -0.1) is 0 Å². The number of sulfonamides is 1. The van der Waals surface area contributed by atoms with Crippen LogP contribution in [0.3, 0.4) is 0 Å². The van der Waals surface area contributed by atoms with E-state index in [1.807, 2.05) is 0 Å². The molecule has 0 radical (unpaired) electrons. The molecule has 7 heteroatoms. The molecule has 104 valence electrons. The molecule has 0 aliphatic carbocycles. The first kappa shape index (κ1) is 15.1. The topological polar surface area (TPSA) is 84.2 Å². The highest BCUT2D eigenvalue weighted by atomic mass is 32.2. The Hall–Kier alpha value is -0.920. The summed E-state index contributed by atoms with van der Waals surface area (Å²) < 4.78 is 30.7. The molecular formula is C11H21N3O3S. The minimum absolute atomic E-state index is 0.126. The van der Waals surface area contributed by atoms with Crippen LogP contribution in [0, 0.1) is 6.92 Å². The summed E-state index contributed by atoms with van der Waals surface area (Å²) in [6.07, 6.45) is 1.66. The number of aromatic nitrogens is 1. The van der Waals surface area contributed by atoms with Gasteiger partial charge in [0.05, 0.1) is 18.0 Å². The Morgan fingerprint density at radius 2 is 2.17 bits per heavy atom. The average molecular weight is 275 g/mol. The van der Waals surface area contributed by atoms with Crippen LogP contribution in [0.15, 0.2) is 10.6 Å². The number of hydrogen-bond acceptors (Lipinski definition) is 5. The molecule has 1 aromatic rings. The van der Waals surface area contributed by atoms with Crippen molar-refractivity contribution < 1.29 is 12.9 Å². The largest absolute Gasteiger partial charge is 0.361 e. The average Bonchev–Trinajstić information content (AvgIpc) is 2.73. The highest BCUT2D eigenvalue weighted by molar-refractivity contribution is 7.89. The summed E-state index contributed by atoms with van der Waals surface area (Å²) in [7, 11) is -3.23. The fourth-order valence-electron chi connectivity index (χ4n) is 1.45. The summed E-state index contributed by atoms with van der Waals surface area (Å²) in [5, 5.41) is 6.89. The highest BCUT2D eigenvalue weighted by Crippen LogP contribution is 2.01. The zero-order chi connectivity index (χ0) is 13.4. The monoisotopic (exact) mass is 275 g/mol. The minimum Gasteiger partial charge on any atom is -0.361 e. The Balaban J connectivity index is 2.23. The SMILES string of the molecule is CCCNCCCS(=O)(=O)NCc1cc(C)on1. The van der Waals surface area contributed by atoms with Crippen molar-refractivity contribution in [1.29, 1.82) is 0 Å². The summed E-state index contributed by atoms with van der Waals surface area (Å²) in [5.41, 5.74) is 0.597. The van der Waals surface area contributed by atoms with Gasteiger partial charge in [-0.1, -0.05) is 12.1 Å². The maximum atomic E-state index is 11.6. The third kappa shape index (κ3) is 6.13. The second-order valence-electron chi connectivity index (χ2n) is 4.17. The van der Waals surface area contributed by atoms with E-state index in [2.05, 4.69) is 22.1 Å². The first-order chi connectivity index (χ1) is 8.53. The van der Waals surface area contributed by atoms with Crippen LogP contribution in [0.4, 0.5) is 0 Å². The molecular weight excluding hydrogens is 254 g/mol. The molecule has 0 fully saturated rings. The van der Waals surface area contributed by atoms with E-state index in [1.54, 1.807) is 13.0 Å². The zero-order valence-corrected chi connectivity index (χ0v) is 11.7. The van der Waals surface area contributed by atoms with Gasteiger partial charge in [-0.25, -0.2) is 13.1 Å². The van der Waals surface area contributed by atoms with Gasteiger partial charge in [0.15, 0.2) is 0 Å². The maximum absolute atomic E-state index is 11.6. The van der Waals surface area contributed by atoms with Gasteiger partial charge in [-0.05, 0) is 32.9 Å². The molecule has 0 bridgehead atoms. The van der Waals surface area contributed by atoms with Crippen molar-refractivity contribution in [2.75, 3.05) is 18.8 Å². The summed E-state index contributed by atoms with van der Waals surface area (Å²) in [5.74, 6) is 0.800. The van der Waals surface area contributed by atoms with E-state index in [-0.39, 0.29) is 12.3 Å². The van der Waals surface area contributed by atoms with Gasteiger partial charge in [0.2, 0.25) is 10.0 Å². The standard InChI is InChI=1S/C11H21N3O3S/c1-3-5-12-6-4-7-18(15,16)13-9-11-8-10(2)17-14-11/h8,12-13H,3-7,9H2,1-2H3. The quantitative estimate of drug-likeness (QED) is 0.651. The van der Waals surface area contributed by atoms with Crippen LogP contribution in [0.2, 0.25) is 0 Å². The number of rotatable bonds is 9. The molecule has 2 N–H and O–H groups in total. The van der Waals surface area contributed by atoms with E-state index in [1.165, 1.54) is 0 Å². The van der Waals surface area contributed by atoms with Gasteiger partial charge in [0.25, 0.3) is 0 Å². The molecule has 0 amide bonds. The molecule has 0 spiro atoms. The fraction of sp³-hybridized carbons (Fsp3) is 0.727. The van der Waals surface area contributed by atoms with E-state index in [9.17, 15) is 8.42 Å². The second-order valence-corrected chi connectivity index (χ2v) is 6.10. The number of hydrogen-bond donors (Lipinski definition) is 2. The molecule has 18 heavy (non-hydrogen) atoms. The molecule has 0 saturated carbocycles. The molecule has 0 unspecified atom stereocenters. The van der Waals surface area contributed by atoms with Crippen LogP contribution in [-0.4, -0.2) is 32.4 Å². The van der Waals surface area contributed by atoms with Crippen LogP contribution in [0.1, 0.15) is 31.2 Å². The Labute approximate surface area is 108 Å². The van der Waals surface area contributed by atoms with Crippen LogP contribution in [0.25, 0.3) is 0 Å². The van der Waals surface area contributed by atoms with Crippen LogP contribution in [0.5, 0.6) is 0 Å². The molecule has 6 nitrogen and oxygen atoms in total. The lowest BCUT2D eigenvalue weighted by atomic mass is 10.4. The van der Waals surface area contributed by atoms with Crippen molar-refractivity contribution in [2.45, 2.75) is 33.2 Å². The fourth-order valence-corrected chi connectivity index (χ4v) is 2.48. The Bertz CT molecular complexity index is 442. The van der Waals surface area contributed by atoms with E-state index in [0.717, 1.165) is 19.5 Å². The van der Waals surface area contributed by atoms with E-state index < -0.39 is 10.0 Å². The van der Waals surface area contributed by atoms with Gasteiger partial charge < -0.3 is 9.84 Å².